The number of carbonyl (C=O) groups is 1. The van der Waals surface area contributed by atoms with Crippen molar-refractivity contribution in [2.45, 2.75) is 25.4 Å². The number of alkyl halides is 5. The zero-order valence-electron chi connectivity index (χ0n) is 11.7. The third-order valence-corrected chi connectivity index (χ3v) is 2.76. The lowest BCUT2D eigenvalue weighted by molar-refractivity contribution is -0.170. The summed E-state index contributed by atoms with van der Waals surface area (Å²) in [6.07, 6.45) is -8.89. The summed E-state index contributed by atoms with van der Waals surface area (Å²) in [7, 11) is 0. The van der Waals surface area contributed by atoms with E-state index in [2.05, 4.69) is 4.74 Å². The molecular weight excluding hydrogens is 333 g/mol. The summed E-state index contributed by atoms with van der Waals surface area (Å²) < 4.78 is 94.1. The second-order valence-corrected chi connectivity index (χ2v) is 4.42. The molecule has 0 aliphatic carbocycles. The molecule has 128 valence electrons. The minimum Gasteiger partial charge on any atom is -0.462 e. The topological polar surface area (TPSA) is 26.3 Å². The zero-order chi connectivity index (χ0) is 17.8. The molecule has 23 heavy (non-hydrogen) atoms. The summed E-state index contributed by atoms with van der Waals surface area (Å²) in [6.45, 7) is 0.891. The SMILES string of the molecule is CCOC(=O)C(F)(F)CC(=C(F)F)c1ccc(C(F)(F)F)cc1. The Hall–Kier alpha value is -2.06. The molecule has 0 saturated heterocycles. The largest absolute Gasteiger partial charge is 0.462 e. The van der Waals surface area contributed by atoms with Gasteiger partial charge in [0.2, 0.25) is 0 Å². The Morgan fingerprint density at radius 1 is 1.04 bits per heavy atom. The van der Waals surface area contributed by atoms with Crippen LogP contribution in [-0.2, 0) is 15.7 Å². The molecule has 0 amide bonds. The summed E-state index contributed by atoms with van der Waals surface area (Å²) >= 11 is 0. The van der Waals surface area contributed by atoms with Gasteiger partial charge in [-0.15, -0.1) is 0 Å². The molecule has 0 spiro atoms. The van der Waals surface area contributed by atoms with Gasteiger partial charge < -0.3 is 4.74 Å². The first-order chi connectivity index (χ1) is 10.5. The van der Waals surface area contributed by atoms with E-state index in [0.717, 1.165) is 0 Å². The highest BCUT2D eigenvalue weighted by Gasteiger charge is 2.42. The summed E-state index contributed by atoms with van der Waals surface area (Å²) in [4.78, 5) is 11.1. The van der Waals surface area contributed by atoms with Gasteiger partial charge in [0.25, 0.3) is 6.08 Å². The van der Waals surface area contributed by atoms with Crippen molar-refractivity contribution in [3.8, 4) is 0 Å². The molecule has 0 bridgehead atoms. The lowest BCUT2D eigenvalue weighted by atomic mass is 9.99. The van der Waals surface area contributed by atoms with Gasteiger partial charge in [-0.05, 0) is 24.6 Å². The van der Waals surface area contributed by atoms with Crippen LogP contribution in [0.15, 0.2) is 30.3 Å². The summed E-state index contributed by atoms with van der Waals surface area (Å²) in [5, 5.41) is 0. The third-order valence-electron chi connectivity index (χ3n) is 2.76. The van der Waals surface area contributed by atoms with E-state index in [1.165, 1.54) is 6.92 Å². The van der Waals surface area contributed by atoms with Crippen LogP contribution in [0.3, 0.4) is 0 Å². The first-order valence-electron chi connectivity index (χ1n) is 6.26. The highest BCUT2D eigenvalue weighted by atomic mass is 19.4. The molecule has 0 aliphatic rings. The van der Waals surface area contributed by atoms with Crippen LogP contribution in [0, 0.1) is 0 Å². The van der Waals surface area contributed by atoms with Gasteiger partial charge in [0, 0.05) is 5.57 Å². The maximum Gasteiger partial charge on any atom is 0.416 e. The van der Waals surface area contributed by atoms with Crippen LogP contribution in [0.4, 0.5) is 30.7 Å². The van der Waals surface area contributed by atoms with Crippen molar-refractivity contribution in [1.29, 1.82) is 0 Å². The van der Waals surface area contributed by atoms with Gasteiger partial charge in [-0.1, -0.05) is 12.1 Å². The number of esters is 1. The van der Waals surface area contributed by atoms with E-state index < -0.39 is 47.3 Å². The highest BCUT2D eigenvalue weighted by molar-refractivity contribution is 5.81. The number of ether oxygens (including phenoxy) is 1. The maximum absolute atomic E-state index is 13.5. The average molecular weight is 344 g/mol. The predicted molar refractivity (Wildman–Crippen MR) is 66.8 cm³/mol. The van der Waals surface area contributed by atoms with Gasteiger partial charge in [-0.3, -0.25) is 0 Å². The molecule has 0 saturated carbocycles. The molecule has 0 atom stereocenters. The van der Waals surface area contributed by atoms with E-state index in [9.17, 15) is 35.5 Å². The van der Waals surface area contributed by atoms with Crippen LogP contribution in [0.1, 0.15) is 24.5 Å². The molecule has 1 aromatic carbocycles. The maximum atomic E-state index is 13.5. The van der Waals surface area contributed by atoms with Crippen LogP contribution in [0.5, 0.6) is 0 Å². The van der Waals surface area contributed by atoms with Crippen molar-refractivity contribution in [1.82, 2.24) is 0 Å². The summed E-state index contributed by atoms with van der Waals surface area (Å²) in [6, 6.07) is 2.25. The molecule has 1 rings (SSSR count). The molecule has 0 aromatic heterocycles. The summed E-state index contributed by atoms with van der Waals surface area (Å²) in [5.74, 6) is -6.21. The third kappa shape index (κ3) is 4.97. The Morgan fingerprint density at radius 3 is 1.96 bits per heavy atom. The van der Waals surface area contributed by atoms with Crippen molar-refractivity contribution in [2.24, 2.45) is 0 Å². The first-order valence-corrected chi connectivity index (χ1v) is 6.26. The second kappa shape index (κ2) is 7.01. The van der Waals surface area contributed by atoms with Gasteiger partial charge in [-0.2, -0.15) is 30.7 Å². The lowest BCUT2D eigenvalue weighted by Gasteiger charge is -2.16. The average Bonchev–Trinajstić information content (AvgIpc) is 2.44. The molecule has 0 aliphatic heterocycles. The van der Waals surface area contributed by atoms with E-state index in [-0.39, 0.29) is 6.61 Å². The van der Waals surface area contributed by atoms with E-state index in [4.69, 9.17) is 0 Å². The molecule has 1 aromatic rings. The molecular formula is C14H11F7O2. The van der Waals surface area contributed by atoms with Crippen molar-refractivity contribution < 1.29 is 40.3 Å². The van der Waals surface area contributed by atoms with E-state index in [1.54, 1.807) is 0 Å². The number of hydrogen-bond donors (Lipinski definition) is 0. The smallest absolute Gasteiger partial charge is 0.416 e. The molecule has 0 unspecified atom stereocenters. The van der Waals surface area contributed by atoms with Crippen LogP contribution < -0.4 is 0 Å². The van der Waals surface area contributed by atoms with E-state index in [0.29, 0.717) is 24.3 Å². The number of halogens is 7. The molecule has 0 heterocycles. The van der Waals surface area contributed by atoms with Crippen molar-refractivity contribution >= 4 is 11.5 Å². The monoisotopic (exact) mass is 344 g/mol. The van der Waals surface area contributed by atoms with Crippen LogP contribution in [0.25, 0.3) is 5.57 Å². The fourth-order valence-electron chi connectivity index (χ4n) is 1.67. The standard InChI is InChI=1S/C14H11F7O2/c1-2-23-12(22)13(17,18)7-10(11(15)16)8-3-5-9(6-4-8)14(19,20)21/h3-6H,2,7H2,1H3. The minimum absolute atomic E-state index is 0.369. The Bertz CT molecular complexity index is 584. The molecule has 0 radical (unpaired) electrons. The second-order valence-electron chi connectivity index (χ2n) is 4.42. The fourth-order valence-corrected chi connectivity index (χ4v) is 1.67. The number of benzene rings is 1. The number of hydrogen-bond acceptors (Lipinski definition) is 2. The molecule has 2 nitrogen and oxygen atoms in total. The molecule has 0 N–H and O–H groups in total. The van der Waals surface area contributed by atoms with Crippen LogP contribution in [-0.4, -0.2) is 18.5 Å². The normalized spacial score (nSPS) is 12.0. The van der Waals surface area contributed by atoms with Crippen molar-refractivity contribution in [3.63, 3.8) is 0 Å². The molecule has 0 fully saturated rings. The summed E-state index contributed by atoms with van der Waals surface area (Å²) in [5.41, 5.74) is -2.88. The number of carbonyl (C=O) groups excluding carboxylic acids is 1. The Labute approximate surface area is 126 Å². The first kappa shape index (κ1) is 19.0. The Balaban J connectivity index is 3.10. The Kier molecular flexibility index (Phi) is 5.79. The highest BCUT2D eigenvalue weighted by Crippen LogP contribution is 2.35. The van der Waals surface area contributed by atoms with Crippen molar-refractivity contribution in [2.75, 3.05) is 6.61 Å². The zero-order valence-corrected chi connectivity index (χ0v) is 11.7. The number of allylic oxidation sites excluding steroid dienone is 1. The van der Waals surface area contributed by atoms with Crippen molar-refractivity contribution in [3.05, 3.63) is 41.5 Å². The minimum atomic E-state index is -4.69. The van der Waals surface area contributed by atoms with Gasteiger partial charge in [-0.25, -0.2) is 4.79 Å². The van der Waals surface area contributed by atoms with Gasteiger partial charge in [0.05, 0.1) is 18.6 Å². The van der Waals surface area contributed by atoms with Gasteiger partial charge >= 0.3 is 18.1 Å². The fraction of sp³-hybridized carbons (Fsp3) is 0.357. The van der Waals surface area contributed by atoms with E-state index >= 15 is 0 Å². The number of rotatable bonds is 5. The van der Waals surface area contributed by atoms with E-state index in [1.807, 2.05) is 0 Å². The van der Waals surface area contributed by atoms with Crippen LogP contribution in [0.2, 0.25) is 0 Å². The van der Waals surface area contributed by atoms with Gasteiger partial charge in [0.1, 0.15) is 0 Å². The quantitative estimate of drug-likeness (QED) is 0.561. The van der Waals surface area contributed by atoms with Crippen LogP contribution >= 0.6 is 0 Å². The predicted octanol–water partition coefficient (Wildman–Crippen LogP) is 4.90. The van der Waals surface area contributed by atoms with Gasteiger partial charge in [0.15, 0.2) is 0 Å². The Morgan fingerprint density at radius 2 is 1.57 bits per heavy atom. The molecule has 9 heteroatoms. The lowest BCUT2D eigenvalue weighted by Crippen LogP contribution is -2.31.